The standard InChI is InChI=1S/C30H39FN2O5/c1-6-7-8-10-21-16-24(34)27(23-15-19(4)12-13-22(23)18(2)3)25(17-21)38-26(35)11-9-14-33-29(36)28(31)20(5)32-30(33)37/h15-17,22-23,34H,2,6-14H2,1,3-5H3,(H,32,37)/t22-,23+/m0/s1. The van der Waals surface area contributed by atoms with E-state index in [0.717, 1.165) is 54.2 Å². The fourth-order valence-corrected chi connectivity index (χ4v) is 5.13. The third-order valence-corrected chi connectivity index (χ3v) is 7.25. The van der Waals surface area contributed by atoms with Crippen molar-refractivity contribution in [1.82, 2.24) is 9.55 Å². The largest absolute Gasteiger partial charge is 0.507 e. The lowest BCUT2D eigenvalue weighted by molar-refractivity contribution is -0.134. The first kappa shape index (κ1) is 29.1. The van der Waals surface area contributed by atoms with Gasteiger partial charge in [-0.05, 0) is 76.5 Å². The van der Waals surface area contributed by atoms with Crippen molar-refractivity contribution < 1.29 is 19.0 Å². The molecule has 2 aromatic rings. The van der Waals surface area contributed by atoms with E-state index in [1.54, 1.807) is 6.07 Å². The maximum Gasteiger partial charge on any atom is 0.328 e. The van der Waals surface area contributed by atoms with E-state index in [-0.39, 0.29) is 42.7 Å². The number of hydrogen-bond acceptors (Lipinski definition) is 5. The lowest BCUT2D eigenvalue weighted by Crippen LogP contribution is -2.38. The molecule has 0 saturated heterocycles. The first-order chi connectivity index (χ1) is 18.0. The normalized spacial score (nSPS) is 17.2. The minimum Gasteiger partial charge on any atom is -0.507 e. The number of phenols is 1. The van der Waals surface area contributed by atoms with Gasteiger partial charge in [-0.3, -0.25) is 14.2 Å². The Morgan fingerprint density at radius 2 is 1.97 bits per heavy atom. The number of nitrogens with one attached hydrogen (secondary N) is 1. The summed E-state index contributed by atoms with van der Waals surface area (Å²) in [5.74, 6) is -1.24. The number of aromatic hydroxyl groups is 1. The highest BCUT2D eigenvalue weighted by atomic mass is 19.1. The Hall–Kier alpha value is -3.42. The molecule has 2 N–H and O–H groups in total. The van der Waals surface area contributed by atoms with Crippen LogP contribution >= 0.6 is 0 Å². The first-order valence-corrected chi connectivity index (χ1v) is 13.4. The van der Waals surface area contributed by atoms with Crippen LogP contribution < -0.4 is 16.0 Å². The third kappa shape index (κ3) is 6.91. The summed E-state index contributed by atoms with van der Waals surface area (Å²) in [6.07, 6.45) is 7.80. The number of carbonyl (C=O) groups excluding carboxylic acids is 1. The number of aryl methyl sites for hydroxylation is 2. The number of halogens is 1. The number of carbonyl (C=O) groups is 1. The lowest BCUT2D eigenvalue weighted by atomic mass is 9.73. The van der Waals surface area contributed by atoms with Crippen LogP contribution in [0.2, 0.25) is 0 Å². The van der Waals surface area contributed by atoms with Gasteiger partial charge in [-0.25, -0.2) is 4.79 Å². The molecule has 1 heterocycles. The van der Waals surface area contributed by atoms with E-state index < -0.39 is 23.0 Å². The molecule has 8 heteroatoms. The number of nitrogens with zero attached hydrogens (tertiary/aromatic N) is 1. The van der Waals surface area contributed by atoms with E-state index in [0.29, 0.717) is 11.3 Å². The van der Waals surface area contributed by atoms with Crippen LogP contribution in [0.4, 0.5) is 4.39 Å². The van der Waals surface area contributed by atoms with Crippen LogP contribution in [-0.4, -0.2) is 20.6 Å². The van der Waals surface area contributed by atoms with Crippen molar-refractivity contribution in [3.63, 3.8) is 0 Å². The van der Waals surface area contributed by atoms with Gasteiger partial charge in [0.1, 0.15) is 11.5 Å². The average molecular weight is 527 g/mol. The molecule has 38 heavy (non-hydrogen) atoms. The number of esters is 1. The van der Waals surface area contributed by atoms with Crippen LogP contribution in [0.15, 0.2) is 45.5 Å². The Morgan fingerprint density at radius 3 is 2.66 bits per heavy atom. The number of aromatic amines is 1. The summed E-state index contributed by atoms with van der Waals surface area (Å²) in [5.41, 5.74) is 1.80. The van der Waals surface area contributed by atoms with Crippen LogP contribution in [0.5, 0.6) is 11.5 Å². The molecule has 7 nitrogen and oxygen atoms in total. The third-order valence-electron chi connectivity index (χ3n) is 7.25. The van der Waals surface area contributed by atoms with Gasteiger partial charge in [-0.1, -0.05) is 43.6 Å². The maximum atomic E-state index is 13.9. The molecule has 2 atom stereocenters. The molecule has 0 radical (unpaired) electrons. The number of unbranched alkanes of at least 4 members (excludes halogenated alkanes) is 2. The number of hydrogen-bond donors (Lipinski definition) is 2. The van der Waals surface area contributed by atoms with E-state index in [2.05, 4.69) is 31.5 Å². The van der Waals surface area contributed by atoms with Crippen molar-refractivity contribution in [2.45, 2.75) is 91.5 Å². The summed E-state index contributed by atoms with van der Waals surface area (Å²) in [7, 11) is 0. The molecule has 1 aromatic carbocycles. The molecule has 0 saturated carbocycles. The number of rotatable bonds is 11. The van der Waals surface area contributed by atoms with E-state index in [1.807, 2.05) is 13.0 Å². The highest BCUT2D eigenvalue weighted by Gasteiger charge is 2.31. The maximum absolute atomic E-state index is 13.9. The molecule has 0 amide bonds. The number of ether oxygens (including phenoxy) is 1. The molecular formula is C30H39FN2O5. The zero-order chi connectivity index (χ0) is 28.0. The predicted molar refractivity (Wildman–Crippen MR) is 146 cm³/mol. The minimum absolute atomic E-state index is 0.0922. The fourth-order valence-electron chi connectivity index (χ4n) is 5.13. The molecule has 0 aliphatic heterocycles. The lowest BCUT2D eigenvalue weighted by Gasteiger charge is -2.32. The fraction of sp³-hybridized carbons (Fsp3) is 0.500. The van der Waals surface area contributed by atoms with Crippen LogP contribution in [-0.2, 0) is 17.8 Å². The number of benzene rings is 1. The zero-order valence-corrected chi connectivity index (χ0v) is 22.9. The van der Waals surface area contributed by atoms with Gasteiger partial charge in [0, 0.05) is 24.4 Å². The average Bonchev–Trinajstić information content (AvgIpc) is 2.84. The number of H-pyrrole nitrogens is 1. The molecule has 0 spiro atoms. The second kappa shape index (κ2) is 12.9. The summed E-state index contributed by atoms with van der Waals surface area (Å²) in [4.78, 5) is 39.4. The molecule has 1 aliphatic rings. The van der Waals surface area contributed by atoms with Gasteiger partial charge in [0.05, 0.1) is 5.69 Å². The predicted octanol–water partition coefficient (Wildman–Crippen LogP) is 5.82. The van der Waals surface area contributed by atoms with Crippen LogP contribution in [0, 0.1) is 18.7 Å². The van der Waals surface area contributed by atoms with Crippen LogP contribution in [0.3, 0.4) is 0 Å². The van der Waals surface area contributed by atoms with Crippen molar-refractivity contribution >= 4 is 5.97 Å². The topological polar surface area (TPSA) is 101 Å². The molecular weight excluding hydrogens is 487 g/mol. The van der Waals surface area contributed by atoms with Crippen molar-refractivity contribution in [2.24, 2.45) is 5.92 Å². The highest BCUT2D eigenvalue weighted by Crippen LogP contribution is 2.47. The van der Waals surface area contributed by atoms with Gasteiger partial charge in [0.25, 0.3) is 5.56 Å². The van der Waals surface area contributed by atoms with Gasteiger partial charge in [-0.2, -0.15) is 4.39 Å². The zero-order valence-electron chi connectivity index (χ0n) is 22.9. The SMILES string of the molecule is C=C(C)[C@@H]1CCC(C)=C[C@H]1c1c(O)cc(CCCCC)cc1OC(=O)CCCn1c(=O)[nH]c(C)c(F)c1=O. The van der Waals surface area contributed by atoms with Crippen molar-refractivity contribution in [3.8, 4) is 11.5 Å². The van der Waals surface area contributed by atoms with E-state index in [4.69, 9.17) is 4.74 Å². The summed E-state index contributed by atoms with van der Waals surface area (Å²) < 4.78 is 20.5. The van der Waals surface area contributed by atoms with Gasteiger partial charge in [0.2, 0.25) is 5.82 Å². The first-order valence-electron chi connectivity index (χ1n) is 13.4. The second-order valence-corrected chi connectivity index (χ2v) is 10.4. The van der Waals surface area contributed by atoms with Gasteiger partial charge < -0.3 is 14.8 Å². The number of phenolic OH excluding ortho intramolecular Hbond substituents is 1. The van der Waals surface area contributed by atoms with E-state index in [1.165, 1.54) is 12.5 Å². The van der Waals surface area contributed by atoms with Crippen molar-refractivity contribution in [3.05, 3.63) is 79.4 Å². The van der Waals surface area contributed by atoms with Gasteiger partial charge in [0.15, 0.2) is 0 Å². The minimum atomic E-state index is -1.02. The quantitative estimate of drug-likeness (QED) is 0.166. The Balaban J connectivity index is 1.86. The number of allylic oxidation sites excluding steroid dienone is 3. The molecule has 0 fully saturated rings. The van der Waals surface area contributed by atoms with Crippen molar-refractivity contribution in [2.75, 3.05) is 0 Å². The summed E-state index contributed by atoms with van der Waals surface area (Å²) in [5, 5.41) is 11.2. The van der Waals surface area contributed by atoms with E-state index >= 15 is 0 Å². The summed E-state index contributed by atoms with van der Waals surface area (Å²) >= 11 is 0. The van der Waals surface area contributed by atoms with Crippen LogP contribution in [0.25, 0.3) is 0 Å². The molecule has 3 rings (SSSR count). The Labute approximate surface area is 223 Å². The van der Waals surface area contributed by atoms with Gasteiger partial charge >= 0.3 is 11.7 Å². The second-order valence-electron chi connectivity index (χ2n) is 10.4. The molecule has 0 unspecified atom stereocenters. The number of aromatic nitrogens is 2. The summed E-state index contributed by atoms with van der Waals surface area (Å²) in [6, 6.07) is 3.60. The Bertz CT molecular complexity index is 1340. The van der Waals surface area contributed by atoms with Gasteiger partial charge in [-0.15, -0.1) is 0 Å². The van der Waals surface area contributed by atoms with Crippen LogP contribution in [0.1, 0.15) is 88.5 Å². The highest BCUT2D eigenvalue weighted by molar-refractivity contribution is 5.73. The Kier molecular flexibility index (Phi) is 9.89. The van der Waals surface area contributed by atoms with Crippen molar-refractivity contribution in [1.29, 1.82) is 0 Å². The Morgan fingerprint density at radius 1 is 1.24 bits per heavy atom. The molecule has 0 bridgehead atoms. The molecule has 1 aromatic heterocycles. The monoisotopic (exact) mass is 526 g/mol. The molecule has 206 valence electrons. The summed E-state index contributed by atoms with van der Waals surface area (Å²) in [6.45, 7) is 11.5. The molecule has 1 aliphatic carbocycles. The smallest absolute Gasteiger partial charge is 0.328 e. The van der Waals surface area contributed by atoms with E-state index in [9.17, 15) is 23.9 Å².